The lowest BCUT2D eigenvalue weighted by molar-refractivity contribution is -0.136. The molecule has 0 bridgehead atoms. The van der Waals surface area contributed by atoms with Gasteiger partial charge in [-0.05, 0) is 44.4 Å². The number of nitrogens with zero attached hydrogens (tertiary/aromatic N) is 3. The molecule has 176 valence electrons. The summed E-state index contributed by atoms with van der Waals surface area (Å²) in [5.41, 5.74) is 1.31. The van der Waals surface area contributed by atoms with Crippen molar-refractivity contribution in [3.63, 3.8) is 0 Å². The van der Waals surface area contributed by atoms with E-state index in [1.807, 2.05) is 13.8 Å². The van der Waals surface area contributed by atoms with Gasteiger partial charge in [-0.1, -0.05) is 36.6 Å². The Bertz CT molecular complexity index is 1030. The van der Waals surface area contributed by atoms with E-state index in [4.69, 9.17) is 16.3 Å². The SMILES string of the molecule is COCCN(Cc1cnc(S(=O)(=O)Cc2cccc(Cl)c2)n1C(C)C)C(=O)C1CCCC1. The lowest BCUT2D eigenvalue weighted by Gasteiger charge is -2.26. The van der Waals surface area contributed by atoms with E-state index in [-0.39, 0.29) is 28.8 Å². The standard InChI is InChI=1S/C23H32ClN3O4S/c1-17(2)27-21(15-26(11-12-31-3)22(28)19-8-4-5-9-19)14-25-23(27)32(29,30)16-18-7-6-10-20(24)13-18/h6-7,10,13-14,17,19H,4-5,8-9,11-12,15-16H2,1-3H3. The monoisotopic (exact) mass is 481 g/mol. The molecule has 0 unspecified atom stereocenters. The van der Waals surface area contributed by atoms with E-state index in [2.05, 4.69) is 4.98 Å². The highest BCUT2D eigenvalue weighted by Crippen LogP contribution is 2.28. The summed E-state index contributed by atoms with van der Waals surface area (Å²) in [6.07, 6.45) is 5.54. The minimum absolute atomic E-state index is 0.0162. The van der Waals surface area contributed by atoms with E-state index in [0.29, 0.717) is 36.0 Å². The third kappa shape index (κ3) is 5.91. The summed E-state index contributed by atoms with van der Waals surface area (Å²) in [7, 11) is -2.10. The van der Waals surface area contributed by atoms with Crippen LogP contribution in [0.4, 0.5) is 0 Å². The summed E-state index contributed by atoms with van der Waals surface area (Å²) in [5.74, 6) is -0.0433. The largest absolute Gasteiger partial charge is 0.383 e. The van der Waals surface area contributed by atoms with Crippen molar-refractivity contribution in [1.29, 1.82) is 0 Å². The van der Waals surface area contributed by atoms with Gasteiger partial charge in [-0.2, -0.15) is 0 Å². The van der Waals surface area contributed by atoms with Crippen molar-refractivity contribution in [2.45, 2.75) is 63.0 Å². The molecule has 1 aliphatic rings. The smallest absolute Gasteiger partial charge is 0.228 e. The molecule has 1 fully saturated rings. The van der Waals surface area contributed by atoms with E-state index < -0.39 is 9.84 Å². The summed E-state index contributed by atoms with van der Waals surface area (Å²) < 4.78 is 33.4. The second kappa shape index (κ2) is 10.8. The number of aromatic nitrogens is 2. The first kappa shape index (κ1) is 24.7. The Morgan fingerprint density at radius 3 is 2.66 bits per heavy atom. The second-order valence-corrected chi connectivity index (χ2v) is 10.9. The summed E-state index contributed by atoms with van der Waals surface area (Å²) >= 11 is 6.02. The summed E-state index contributed by atoms with van der Waals surface area (Å²) in [4.78, 5) is 19.2. The van der Waals surface area contributed by atoms with Crippen LogP contribution in [-0.2, 0) is 31.7 Å². The highest BCUT2D eigenvalue weighted by molar-refractivity contribution is 7.90. The number of benzene rings is 1. The maximum Gasteiger partial charge on any atom is 0.228 e. The van der Waals surface area contributed by atoms with E-state index in [9.17, 15) is 13.2 Å². The average molecular weight is 482 g/mol. The van der Waals surface area contributed by atoms with Gasteiger partial charge in [-0.15, -0.1) is 0 Å². The number of sulfone groups is 1. The summed E-state index contributed by atoms with van der Waals surface area (Å²) in [6.45, 7) is 5.02. The number of methoxy groups -OCH3 is 1. The van der Waals surface area contributed by atoms with Gasteiger partial charge in [0.05, 0.1) is 30.8 Å². The minimum atomic E-state index is -3.71. The number of ether oxygens (including phenoxy) is 1. The highest BCUT2D eigenvalue weighted by atomic mass is 35.5. The van der Waals surface area contributed by atoms with Crippen molar-refractivity contribution >= 4 is 27.3 Å². The Morgan fingerprint density at radius 2 is 2.03 bits per heavy atom. The lowest BCUT2D eigenvalue weighted by atomic mass is 10.1. The van der Waals surface area contributed by atoms with Gasteiger partial charge in [0.25, 0.3) is 0 Å². The van der Waals surface area contributed by atoms with Crippen LogP contribution in [0.15, 0.2) is 35.6 Å². The van der Waals surface area contributed by atoms with Crippen LogP contribution in [0.3, 0.4) is 0 Å². The van der Waals surface area contributed by atoms with Crippen molar-refractivity contribution in [3.8, 4) is 0 Å². The molecule has 0 radical (unpaired) electrons. The number of imidazole rings is 1. The second-order valence-electron chi connectivity index (χ2n) is 8.62. The molecule has 9 heteroatoms. The Labute approximate surface area is 195 Å². The van der Waals surface area contributed by atoms with Gasteiger partial charge in [-0.3, -0.25) is 4.79 Å². The number of amides is 1. The number of hydrogen-bond acceptors (Lipinski definition) is 5. The first-order valence-electron chi connectivity index (χ1n) is 11.0. The molecule has 1 saturated carbocycles. The molecule has 0 N–H and O–H groups in total. The normalized spacial score (nSPS) is 14.9. The van der Waals surface area contributed by atoms with E-state index in [0.717, 1.165) is 25.7 Å². The van der Waals surface area contributed by atoms with Gasteiger partial charge < -0.3 is 14.2 Å². The molecule has 2 aromatic rings. The van der Waals surface area contributed by atoms with Crippen LogP contribution in [0.1, 0.15) is 56.8 Å². The molecule has 0 spiro atoms. The predicted octanol–water partition coefficient (Wildman–Crippen LogP) is 4.26. The number of carbonyl (C=O) groups excluding carboxylic acids is 1. The van der Waals surface area contributed by atoms with Crippen LogP contribution < -0.4 is 0 Å². The van der Waals surface area contributed by atoms with Gasteiger partial charge in [0.15, 0.2) is 0 Å². The van der Waals surface area contributed by atoms with Crippen LogP contribution >= 0.6 is 11.6 Å². The predicted molar refractivity (Wildman–Crippen MR) is 124 cm³/mol. The van der Waals surface area contributed by atoms with E-state index in [1.165, 1.54) is 0 Å². The lowest BCUT2D eigenvalue weighted by Crippen LogP contribution is -2.38. The van der Waals surface area contributed by atoms with Gasteiger partial charge in [0.2, 0.25) is 20.9 Å². The molecular weight excluding hydrogens is 450 g/mol. The first-order chi connectivity index (χ1) is 15.2. The van der Waals surface area contributed by atoms with Gasteiger partial charge in [0.1, 0.15) is 0 Å². The van der Waals surface area contributed by atoms with Crippen molar-refractivity contribution < 1.29 is 17.9 Å². The fraction of sp³-hybridized carbons (Fsp3) is 0.565. The molecule has 0 atom stereocenters. The molecular formula is C23H32ClN3O4S. The molecule has 1 aliphatic carbocycles. The van der Waals surface area contributed by atoms with Gasteiger partial charge >= 0.3 is 0 Å². The molecule has 0 saturated heterocycles. The van der Waals surface area contributed by atoms with Crippen LogP contribution in [0, 0.1) is 5.92 Å². The Morgan fingerprint density at radius 1 is 1.31 bits per heavy atom. The topological polar surface area (TPSA) is 81.5 Å². The highest BCUT2D eigenvalue weighted by Gasteiger charge is 2.30. The Hall–Kier alpha value is -1.90. The minimum Gasteiger partial charge on any atom is -0.383 e. The van der Waals surface area contributed by atoms with Crippen molar-refractivity contribution in [3.05, 3.63) is 46.7 Å². The third-order valence-electron chi connectivity index (χ3n) is 5.81. The van der Waals surface area contributed by atoms with Crippen molar-refractivity contribution in [2.75, 3.05) is 20.3 Å². The molecule has 1 heterocycles. The zero-order valence-corrected chi connectivity index (χ0v) is 20.5. The van der Waals surface area contributed by atoms with Crippen LogP contribution in [-0.4, -0.2) is 49.0 Å². The van der Waals surface area contributed by atoms with E-state index in [1.54, 1.807) is 47.0 Å². The van der Waals surface area contributed by atoms with Crippen molar-refractivity contribution in [1.82, 2.24) is 14.5 Å². The zero-order valence-electron chi connectivity index (χ0n) is 19.0. The van der Waals surface area contributed by atoms with Gasteiger partial charge in [-0.25, -0.2) is 13.4 Å². The van der Waals surface area contributed by atoms with Crippen LogP contribution in [0.5, 0.6) is 0 Å². The maximum atomic E-state index is 13.2. The van der Waals surface area contributed by atoms with Crippen molar-refractivity contribution in [2.24, 2.45) is 5.92 Å². The molecule has 1 aromatic heterocycles. The number of rotatable bonds is 10. The average Bonchev–Trinajstić information content (AvgIpc) is 3.40. The Kier molecular flexibility index (Phi) is 8.36. The molecule has 3 rings (SSSR count). The molecule has 32 heavy (non-hydrogen) atoms. The fourth-order valence-electron chi connectivity index (χ4n) is 4.28. The molecule has 1 aromatic carbocycles. The number of hydrogen-bond donors (Lipinski definition) is 0. The molecule has 0 aliphatic heterocycles. The van der Waals surface area contributed by atoms with E-state index >= 15 is 0 Å². The maximum absolute atomic E-state index is 13.2. The first-order valence-corrected chi connectivity index (χ1v) is 13.1. The number of carbonyl (C=O) groups is 1. The van der Waals surface area contributed by atoms with Gasteiger partial charge in [0, 0.05) is 30.6 Å². The quantitative estimate of drug-likeness (QED) is 0.506. The molecule has 7 nitrogen and oxygen atoms in total. The number of halogens is 1. The summed E-state index contributed by atoms with van der Waals surface area (Å²) in [6, 6.07) is 6.69. The summed E-state index contributed by atoms with van der Waals surface area (Å²) in [5, 5.41) is 0.507. The van der Waals surface area contributed by atoms with Crippen LogP contribution in [0.2, 0.25) is 5.02 Å². The third-order valence-corrected chi connectivity index (χ3v) is 7.62. The van der Waals surface area contributed by atoms with Crippen LogP contribution in [0.25, 0.3) is 0 Å². The fourth-order valence-corrected chi connectivity index (χ4v) is 6.08. The molecule has 1 amide bonds. The zero-order chi connectivity index (χ0) is 23.3. The Balaban J connectivity index is 1.89.